The molecule has 2 aromatic carbocycles. The van der Waals surface area contributed by atoms with E-state index in [0.29, 0.717) is 28.5 Å². The zero-order chi connectivity index (χ0) is 21.1. The van der Waals surface area contributed by atoms with Gasteiger partial charge >= 0.3 is 0 Å². The maximum Gasteiger partial charge on any atom is 0.259 e. The number of para-hydroxylation sites is 1. The van der Waals surface area contributed by atoms with Gasteiger partial charge in [-0.2, -0.15) is 0 Å². The number of anilines is 1. The fraction of sp³-hybridized carbons (Fsp3) is 0.391. The summed E-state index contributed by atoms with van der Waals surface area (Å²) in [5, 5.41) is 2.88. The number of ether oxygens (including phenoxy) is 3. The van der Waals surface area contributed by atoms with Crippen LogP contribution < -0.4 is 19.5 Å². The lowest BCUT2D eigenvalue weighted by molar-refractivity contribution is -0.130. The lowest BCUT2D eigenvalue weighted by Gasteiger charge is -2.31. The van der Waals surface area contributed by atoms with Gasteiger partial charge in [-0.05, 0) is 37.1 Å². The third kappa shape index (κ3) is 4.20. The molecule has 2 aliphatic rings. The van der Waals surface area contributed by atoms with E-state index in [2.05, 4.69) is 5.32 Å². The molecule has 0 radical (unpaired) electrons. The Kier molecular flexibility index (Phi) is 5.53. The van der Waals surface area contributed by atoms with Gasteiger partial charge in [-0.1, -0.05) is 18.6 Å². The Morgan fingerprint density at radius 2 is 1.77 bits per heavy atom. The van der Waals surface area contributed by atoms with E-state index in [9.17, 15) is 9.59 Å². The van der Waals surface area contributed by atoms with Crippen LogP contribution in [0.25, 0.3) is 0 Å². The van der Waals surface area contributed by atoms with Crippen LogP contribution in [0.3, 0.4) is 0 Å². The summed E-state index contributed by atoms with van der Waals surface area (Å²) in [6.45, 7) is -0.136. The Labute approximate surface area is 175 Å². The van der Waals surface area contributed by atoms with E-state index in [1.54, 1.807) is 50.5 Å². The van der Waals surface area contributed by atoms with Crippen LogP contribution in [0.5, 0.6) is 17.2 Å². The molecule has 7 nitrogen and oxygen atoms in total. The summed E-state index contributed by atoms with van der Waals surface area (Å²) >= 11 is 0. The molecular weight excluding hydrogens is 384 g/mol. The summed E-state index contributed by atoms with van der Waals surface area (Å²) in [5.74, 6) is 0.651. The first-order valence-corrected chi connectivity index (χ1v) is 10.2. The van der Waals surface area contributed by atoms with Crippen molar-refractivity contribution in [1.29, 1.82) is 0 Å². The van der Waals surface area contributed by atoms with Crippen molar-refractivity contribution in [2.45, 2.75) is 37.9 Å². The molecule has 1 saturated carbocycles. The van der Waals surface area contributed by atoms with Crippen LogP contribution in [0.2, 0.25) is 0 Å². The summed E-state index contributed by atoms with van der Waals surface area (Å²) in [5.41, 5.74) is 0.958. The van der Waals surface area contributed by atoms with Gasteiger partial charge in [-0.25, -0.2) is 0 Å². The predicted molar refractivity (Wildman–Crippen MR) is 112 cm³/mol. The van der Waals surface area contributed by atoms with Gasteiger partial charge in [0.15, 0.2) is 18.1 Å². The molecule has 0 aromatic heterocycles. The lowest BCUT2D eigenvalue weighted by Crippen LogP contribution is -2.40. The zero-order valence-corrected chi connectivity index (χ0v) is 17.3. The molecule has 1 heterocycles. The molecule has 4 rings (SSSR count). The second-order valence-electron chi connectivity index (χ2n) is 7.86. The quantitative estimate of drug-likeness (QED) is 0.811. The van der Waals surface area contributed by atoms with Crippen LogP contribution in [-0.2, 0) is 4.79 Å². The molecule has 1 fully saturated rings. The normalized spacial score (nSPS) is 16.2. The molecule has 158 valence electrons. The van der Waals surface area contributed by atoms with E-state index in [1.807, 2.05) is 6.07 Å². The van der Waals surface area contributed by atoms with E-state index in [-0.39, 0.29) is 18.4 Å². The number of carbonyl (C=O) groups is 2. The SMILES string of the molecule is CN(C)C(=O)COc1ccccc1C(=O)Nc1ccc2c(c1)OC1(CCCCC1)O2. The van der Waals surface area contributed by atoms with Gasteiger partial charge in [0.25, 0.3) is 17.6 Å². The van der Waals surface area contributed by atoms with Gasteiger partial charge in [0.2, 0.25) is 0 Å². The summed E-state index contributed by atoms with van der Waals surface area (Å²) in [6, 6.07) is 12.3. The molecule has 2 amide bonds. The summed E-state index contributed by atoms with van der Waals surface area (Å²) in [6.07, 6.45) is 5.13. The summed E-state index contributed by atoms with van der Waals surface area (Å²) in [7, 11) is 3.31. The van der Waals surface area contributed by atoms with Crippen molar-refractivity contribution >= 4 is 17.5 Å². The monoisotopic (exact) mass is 410 g/mol. The summed E-state index contributed by atoms with van der Waals surface area (Å²) in [4.78, 5) is 26.1. The highest BCUT2D eigenvalue weighted by atomic mass is 16.7. The Balaban J connectivity index is 1.46. The highest BCUT2D eigenvalue weighted by Gasteiger charge is 2.42. The average Bonchev–Trinajstić information content (AvgIpc) is 3.09. The molecule has 1 aliphatic carbocycles. The largest absolute Gasteiger partial charge is 0.483 e. The molecule has 1 spiro atoms. The summed E-state index contributed by atoms with van der Waals surface area (Å²) < 4.78 is 17.8. The number of benzene rings is 2. The molecule has 0 atom stereocenters. The zero-order valence-electron chi connectivity index (χ0n) is 17.3. The fourth-order valence-corrected chi connectivity index (χ4v) is 3.71. The van der Waals surface area contributed by atoms with Crippen LogP contribution in [-0.4, -0.2) is 43.2 Å². The number of carbonyl (C=O) groups excluding carboxylic acids is 2. The van der Waals surface area contributed by atoms with Crippen molar-refractivity contribution in [2.75, 3.05) is 26.0 Å². The van der Waals surface area contributed by atoms with Crippen LogP contribution in [0.15, 0.2) is 42.5 Å². The fourth-order valence-electron chi connectivity index (χ4n) is 3.71. The Hall–Kier alpha value is -3.22. The third-order valence-corrected chi connectivity index (χ3v) is 5.39. The first kappa shape index (κ1) is 20.1. The number of hydrogen-bond donors (Lipinski definition) is 1. The molecule has 0 bridgehead atoms. The van der Waals surface area contributed by atoms with E-state index >= 15 is 0 Å². The minimum absolute atomic E-state index is 0.136. The number of nitrogens with one attached hydrogen (secondary N) is 1. The number of fused-ring (bicyclic) bond motifs is 1. The van der Waals surface area contributed by atoms with Crippen LogP contribution >= 0.6 is 0 Å². The number of nitrogens with zero attached hydrogens (tertiary/aromatic N) is 1. The van der Waals surface area contributed by atoms with Gasteiger partial charge in [0.1, 0.15) is 5.75 Å². The van der Waals surface area contributed by atoms with Crippen molar-refractivity contribution in [3.63, 3.8) is 0 Å². The number of rotatable bonds is 5. The van der Waals surface area contributed by atoms with E-state index in [0.717, 1.165) is 25.7 Å². The van der Waals surface area contributed by atoms with Crippen molar-refractivity contribution in [3.8, 4) is 17.2 Å². The Morgan fingerprint density at radius 3 is 2.53 bits per heavy atom. The van der Waals surface area contributed by atoms with E-state index in [4.69, 9.17) is 14.2 Å². The van der Waals surface area contributed by atoms with Crippen LogP contribution in [0.1, 0.15) is 42.5 Å². The maximum atomic E-state index is 12.9. The number of hydrogen-bond acceptors (Lipinski definition) is 5. The van der Waals surface area contributed by atoms with Gasteiger partial charge in [0.05, 0.1) is 5.56 Å². The predicted octanol–water partition coefficient (Wildman–Crippen LogP) is 3.84. The molecule has 1 aliphatic heterocycles. The topological polar surface area (TPSA) is 77.1 Å². The smallest absolute Gasteiger partial charge is 0.259 e. The highest BCUT2D eigenvalue weighted by Crippen LogP contribution is 2.46. The Morgan fingerprint density at radius 1 is 1.03 bits per heavy atom. The third-order valence-electron chi connectivity index (χ3n) is 5.39. The molecule has 1 N–H and O–H groups in total. The standard InChI is InChI=1S/C23H26N2O5/c1-25(2)21(26)15-28-18-9-5-4-8-17(18)22(27)24-16-10-11-19-20(14-16)30-23(29-19)12-6-3-7-13-23/h4-5,8-11,14H,3,6-7,12-13,15H2,1-2H3,(H,24,27). The highest BCUT2D eigenvalue weighted by molar-refractivity contribution is 6.06. The van der Waals surface area contributed by atoms with Gasteiger partial charge < -0.3 is 24.4 Å². The number of amides is 2. The molecule has 7 heteroatoms. The van der Waals surface area contributed by atoms with Crippen molar-refractivity contribution in [3.05, 3.63) is 48.0 Å². The van der Waals surface area contributed by atoms with Gasteiger partial charge in [-0.3, -0.25) is 9.59 Å². The van der Waals surface area contributed by atoms with Crippen LogP contribution in [0.4, 0.5) is 5.69 Å². The molecule has 2 aromatic rings. The first-order chi connectivity index (χ1) is 14.5. The van der Waals surface area contributed by atoms with Crippen molar-refractivity contribution < 1.29 is 23.8 Å². The average molecular weight is 410 g/mol. The first-order valence-electron chi connectivity index (χ1n) is 10.2. The van der Waals surface area contributed by atoms with Gasteiger partial charge in [0, 0.05) is 38.7 Å². The second kappa shape index (κ2) is 8.26. The minimum atomic E-state index is -0.553. The van der Waals surface area contributed by atoms with Crippen molar-refractivity contribution in [1.82, 2.24) is 4.90 Å². The molecule has 0 unspecified atom stereocenters. The molecule has 30 heavy (non-hydrogen) atoms. The molecular formula is C23H26N2O5. The second-order valence-corrected chi connectivity index (χ2v) is 7.86. The van der Waals surface area contributed by atoms with Gasteiger partial charge in [-0.15, -0.1) is 0 Å². The Bertz CT molecular complexity index is 950. The lowest BCUT2D eigenvalue weighted by atomic mass is 9.94. The minimum Gasteiger partial charge on any atom is -0.483 e. The number of likely N-dealkylation sites (N-methyl/N-ethyl adjacent to an activating group) is 1. The van der Waals surface area contributed by atoms with Crippen LogP contribution in [0, 0.1) is 0 Å². The molecule has 0 saturated heterocycles. The van der Waals surface area contributed by atoms with E-state index < -0.39 is 5.79 Å². The van der Waals surface area contributed by atoms with E-state index in [1.165, 1.54) is 11.3 Å². The maximum absolute atomic E-state index is 12.9. The van der Waals surface area contributed by atoms with Crippen molar-refractivity contribution in [2.24, 2.45) is 0 Å².